The van der Waals surface area contributed by atoms with Gasteiger partial charge in [0.15, 0.2) is 0 Å². The first-order valence-electron chi connectivity index (χ1n) is 12.4. The lowest BCUT2D eigenvalue weighted by molar-refractivity contribution is 0.276. The SMILES string of the molecule is CCCCCCCCCCCCCCCCCCCCCC[SiH](OC)OC. The van der Waals surface area contributed by atoms with E-state index >= 15 is 0 Å². The van der Waals surface area contributed by atoms with Crippen LogP contribution in [0.3, 0.4) is 0 Å². The molecule has 0 rings (SSSR count). The molecule has 164 valence electrons. The zero-order chi connectivity index (χ0) is 19.8. The average Bonchev–Trinajstić information content (AvgIpc) is 2.69. The lowest BCUT2D eigenvalue weighted by Gasteiger charge is -2.10. The highest BCUT2D eigenvalue weighted by atomic mass is 28.3. The Hall–Kier alpha value is 0.137. The molecule has 0 spiro atoms. The molecule has 0 bridgehead atoms. The van der Waals surface area contributed by atoms with Gasteiger partial charge in [0.2, 0.25) is 0 Å². The monoisotopic (exact) mass is 400 g/mol. The second-order valence-corrected chi connectivity index (χ2v) is 10.8. The molecule has 27 heavy (non-hydrogen) atoms. The first-order chi connectivity index (χ1) is 13.3. The van der Waals surface area contributed by atoms with E-state index in [0.717, 1.165) is 0 Å². The van der Waals surface area contributed by atoms with Crippen LogP contribution in [0.25, 0.3) is 0 Å². The minimum atomic E-state index is -1.29. The predicted molar refractivity (Wildman–Crippen MR) is 124 cm³/mol. The Morgan fingerprint density at radius 2 is 0.667 bits per heavy atom. The van der Waals surface area contributed by atoms with Crippen molar-refractivity contribution in [1.29, 1.82) is 0 Å². The Morgan fingerprint density at radius 3 is 0.926 bits per heavy atom. The average molecular weight is 401 g/mol. The normalized spacial score (nSPS) is 11.6. The van der Waals surface area contributed by atoms with Gasteiger partial charge < -0.3 is 8.85 Å². The van der Waals surface area contributed by atoms with Gasteiger partial charge >= 0.3 is 9.28 Å². The highest BCUT2D eigenvalue weighted by Gasteiger charge is 2.07. The molecule has 0 amide bonds. The molecule has 0 aliphatic carbocycles. The molecule has 0 heterocycles. The van der Waals surface area contributed by atoms with Gasteiger partial charge in [0, 0.05) is 14.2 Å². The smallest absolute Gasteiger partial charge is 0.320 e. The van der Waals surface area contributed by atoms with Crippen LogP contribution < -0.4 is 0 Å². The van der Waals surface area contributed by atoms with Gasteiger partial charge in [0.25, 0.3) is 0 Å². The van der Waals surface area contributed by atoms with E-state index in [9.17, 15) is 0 Å². The summed E-state index contributed by atoms with van der Waals surface area (Å²) in [5, 5.41) is 0. The molecule has 0 unspecified atom stereocenters. The molecule has 0 aromatic heterocycles. The van der Waals surface area contributed by atoms with Crippen LogP contribution in [0, 0.1) is 0 Å². The summed E-state index contributed by atoms with van der Waals surface area (Å²) >= 11 is 0. The van der Waals surface area contributed by atoms with Crippen LogP contribution in [0.5, 0.6) is 0 Å². The maximum atomic E-state index is 5.36. The maximum absolute atomic E-state index is 5.36. The van der Waals surface area contributed by atoms with Crippen molar-refractivity contribution in [3.8, 4) is 0 Å². The molecule has 0 atom stereocenters. The lowest BCUT2D eigenvalue weighted by Crippen LogP contribution is -2.18. The Bertz CT molecular complexity index is 257. The van der Waals surface area contributed by atoms with Gasteiger partial charge in [-0.05, 0) is 6.04 Å². The molecule has 0 aliphatic rings. The van der Waals surface area contributed by atoms with Crippen molar-refractivity contribution in [2.24, 2.45) is 0 Å². The molecule has 0 N–H and O–H groups in total. The topological polar surface area (TPSA) is 18.5 Å². The van der Waals surface area contributed by atoms with Crippen molar-refractivity contribution in [3.05, 3.63) is 0 Å². The lowest BCUT2D eigenvalue weighted by atomic mass is 10.0. The summed E-state index contributed by atoms with van der Waals surface area (Å²) in [7, 11) is 2.29. The summed E-state index contributed by atoms with van der Waals surface area (Å²) in [6, 6.07) is 1.17. The molecule has 0 saturated carbocycles. The zero-order valence-corrected chi connectivity index (χ0v) is 20.4. The van der Waals surface area contributed by atoms with E-state index in [2.05, 4.69) is 6.92 Å². The fraction of sp³-hybridized carbons (Fsp3) is 1.00. The maximum Gasteiger partial charge on any atom is 0.320 e. The molecule has 0 saturated heterocycles. The van der Waals surface area contributed by atoms with Crippen LogP contribution in [-0.4, -0.2) is 23.5 Å². The van der Waals surface area contributed by atoms with Gasteiger partial charge in [-0.1, -0.05) is 135 Å². The van der Waals surface area contributed by atoms with Crippen LogP contribution in [0.4, 0.5) is 0 Å². The number of hydrogen-bond acceptors (Lipinski definition) is 2. The Kier molecular flexibility index (Phi) is 24.3. The van der Waals surface area contributed by atoms with E-state index in [0.29, 0.717) is 0 Å². The van der Waals surface area contributed by atoms with Gasteiger partial charge in [0.05, 0.1) is 0 Å². The third kappa shape index (κ3) is 22.3. The second kappa shape index (κ2) is 24.2. The fourth-order valence-electron chi connectivity index (χ4n) is 3.90. The highest BCUT2D eigenvalue weighted by molar-refractivity contribution is 6.44. The Morgan fingerprint density at radius 1 is 0.407 bits per heavy atom. The van der Waals surface area contributed by atoms with E-state index in [1.165, 1.54) is 134 Å². The fourth-order valence-corrected chi connectivity index (χ4v) is 5.18. The van der Waals surface area contributed by atoms with Crippen molar-refractivity contribution in [3.63, 3.8) is 0 Å². The minimum absolute atomic E-state index is 1.17. The quantitative estimate of drug-likeness (QED) is 0.127. The van der Waals surface area contributed by atoms with Crippen LogP contribution in [0.15, 0.2) is 0 Å². The molecule has 3 heteroatoms. The first-order valence-corrected chi connectivity index (χ1v) is 14.2. The molecule has 0 aromatic carbocycles. The zero-order valence-electron chi connectivity index (χ0n) is 19.2. The van der Waals surface area contributed by atoms with Gasteiger partial charge in [-0.2, -0.15) is 0 Å². The summed E-state index contributed by atoms with van der Waals surface area (Å²) in [4.78, 5) is 0. The Balaban J connectivity index is 3.03. The van der Waals surface area contributed by atoms with Crippen molar-refractivity contribution in [2.75, 3.05) is 14.2 Å². The van der Waals surface area contributed by atoms with Crippen molar-refractivity contribution in [2.45, 2.75) is 141 Å². The van der Waals surface area contributed by atoms with E-state index in [-0.39, 0.29) is 0 Å². The molecule has 0 fully saturated rings. The molecule has 2 nitrogen and oxygen atoms in total. The number of unbranched alkanes of at least 4 members (excludes halogenated alkanes) is 19. The Labute approximate surface area is 174 Å². The molecular weight excluding hydrogens is 348 g/mol. The number of hydrogen-bond donors (Lipinski definition) is 0. The van der Waals surface area contributed by atoms with Crippen LogP contribution in [0.1, 0.15) is 135 Å². The molecule has 0 aromatic rings. The standard InChI is InChI=1S/C24H52O2Si/c1-4-5-6-7-8-9-10-11-12-13-14-15-16-17-18-19-20-21-22-23-24-27(25-2)26-3/h27H,4-24H2,1-3H3. The van der Waals surface area contributed by atoms with E-state index in [1.54, 1.807) is 14.2 Å². The molecule has 0 radical (unpaired) electrons. The molecular formula is C24H52O2Si. The van der Waals surface area contributed by atoms with Crippen molar-refractivity contribution >= 4 is 9.28 Å². The van der Waals surface area contributed by atoms with Gasteiger partial charge in [-0.25, -0.2) is 0 Å². The molecule has 0 aliphatic heterocycles. The van der Waals surface area contributed by atoms with E-state index < -0.39 is 9.28 Å². The third-order valence-electron chi connectivity index (χ3n) is 5.82. The van der Waals surface area contributed by atoms with Gasteiger partial charge in [-0.15, -0.1) is 0 Å². The van der Waals surface area contributed by atoms with E-state index in [4.69, 9.17) is 8.85 Å². The van der Waals surface area contributed by atoms with Crippen LogP contribution in [0.2, 0.25) is 6.04 Å². The largest absolute Gasteiger partial charge is 0.400 e. The summed E-state index contributed by atoms with van der Waals surface area (Å²) in [5.41, 5.74) is 0. The third-order valence-corrected chi connectivity index (χ3v) is 7.75. The summed E-state index contributed by atoms with van der Waals surface area (Å²) in [5.74, 6) is 0. The predicted octanol–water partition coefficient (Wildman–Crippen LogP) is 8.32. The number of rotatable bonds is 23. The van der Waals surface area contributed by atoms with Crippen molar-refractivity contribution in [1.82, 2.24) is 0 Å². The van der Waals surface area contributed by atoms with Crippen LogP contribution in [-0.2, 0) is 8.85 Å². The van der Waals surface area contributed by atoms with Crippen LogP contribution >= 0.6 is 0 Å². The van der Waals surface area contributed by atoms with E-state index in [1.807, 2.05) is 0 Å². The van der Waals surface area contributed by atoms with Crippen molar-refractivity contribution < 1.29 is 8.85 Å². The minimum Gasteiger partial charge on any atom is -0.400 e. The van der Waals surface area contributed by atoms with Gasteiger partial charge in [-0.3, -0.25) is 0 Å². The summed E-state index contributed by atoms with van der Waals surface area (Å²) in [6.07, 6.45) is 28.8. The first kappa shape index (κ1) is 27.1. The highest BCUT2D eigenvalue weighted by Crippen LogP contribution is 2.15. The van der Waals surface area contributed by atoms with Gasteiger partial charge in [0.1, 0.15) is 0 Å². The second-order valence-electron chi connectivity index (χ2n) is 8.41. The summed E-state index contributed by atoms with van der Waals surface area (Å²) < 4.78 is 10.7. The summed E-state index contributed by atoms with van der Waals surface area (Å²) in [6.45, 7) is 2.30.